The van der Waals surface area contributed by atoms with Crippen molar-refractivity contribution in [2.75, 3.05) is 33.2 Å². The number of hydrogen-bond acceptors (Lipinski definition) is 6. The number of aromatic nitrogens is 4. The molecule has 6 rings (SSSR count). The smallest absolute Gasteiger partial charge is 0.259 e. The highest BCUT2D eigenvalue weighted by Gasteiger charge is 2.27. The van der Waals surface area contributed by atoms with Crippen LogP contribution < -0.4 is 10.3 Å². The van der Waals surface area contributed by atoms with Crippen LogP contribution in [0.25, 0.3) is 21.8 Å². The van der Waals surface area contributed by atoms with Gasteiger partial charge in [-0.15, -0.1) is 0 Å². The first-order valence-electron chi connectivity index (χ1n) is 13.5. The van der Waals surface area contributed by atoms with Crippen molar-refractivity contribution in [3.8, 4) is 5.88 Å². The highest BCUT2D eigenvalue weighted by Crippen LogP contribution is 2.31. The van der Waals surface area contributed by atoms with E-state index in [-0.39, 0.29) is 31.0 Å². The number of rotatable bonds is 4. The van der Waals surface area contributed by atoms with Crippen LogP contribution in [-0.2, 0) is 0 Å². The number of aryl methyl sites for hydroxylation is 2. The number of nitrogens with zero attached hydrogens (tertiary/aromatic N) is 5. The molecule has 3 aromatic heterocycles. The van der Waals surface area contributed by atoms with E-state index in [1.807, 2.05) is 47.7 Å². The van der Waals surface area contributed by atoms with Gasteiger partial charge in [0.15, 0.2) is 0 Å². The first-order valence-corrected chi connectivity index (χ1v) is 13.5. The fraction of sp³-hybridized carbons (Fsp3) is 0.467. The lowest BCUT2D eigenvalue weighted by atomic mass is 10.00. The monoisotopic (exact) mass is 530 g/mol. The largest absolute Gasteiger partial charge is 0.474 e. The van der Waals surface area contributed by atoms with E-state index in [1.165, 1.54) is 0 Å². The van der Waals surface area contributed by atoms with Crippen LogP contribution in [0.1, 0.15) is 60.6 Å². The first kappa shape index (κ1) is 26.9. The summed E-state index contributed by atoms with van der Waals surface area (Å²) in [5.74, 6) is 0.644. The van der Waals surface area contributed by atoms with Gasteiger partial charge in [-0.2, -0.15) is 5.10 Å². The Kier molecular flexibility index (Phi) is 7.44. The maximum Gasteiger partial charge on any atom is 0.259 e. The fourth-order valence-corrected chi connectivity index (χ4v) is 5.78. The van der Waals surface area contributed by atoms with Crippen LogP contribution in [0.5, 0.6) is 5.88 Å². The zero-order valence-corrected chi connectivity index (χ0v) is 22.2. The topological polar surface area (TPSA) is 96.3 Å². The second-order valence-electron chi connectivity index (χ2n) is 10.8. The SMILES string of the molecule is C.Cc1ccc(OC2CCN(C(=O)c3cc4c(cc3C)[nH]c(=O)c3cnn(C5CCN(C)CC5)c34)CC2)nc1. The van der Waals surface area contributed by atoms with Crippen molar-refractivity contribution in [2.24, 2.45) is 0 Å². The Hall–Kier alpha value is -3.72. The van der Waals surface area contributed by atoms with Crippen LogP contribution in [0.3, 0.4) is 0 Å². The first-order chi connectivity index (χ1) is 18.4. The van der Waals surface area contributed by atoms with Gasteiger partial charge in [0.1, 0.15) is 6.10 Å². The van der Waals surface area contributed by atoms with Gasteiger partial charge in [-0.1, -0.05) is 13.5 Å². The molecule has 2 aliphatic rings. The Bertz CT molecular complexity index is 1540. The minimum atomic E-state index is -0.143. The molecule has 39 heavy (non-hydrogen) atoms. The number of pyridine rings is 2. The normalized spacial score (nSPS) is 17.5. The molecule has 206 valence electrons. The average molecular weight is 531 g/mol. The lowest BCUT2D eigenvalue weighted by Gasteiger charge is -2.32. The van der Waals surface area contributed by atoms with Crippen molar-refractivity contribution in [3.05, 3.63) is 63.7 Å². The van der Waals surface area contributed by atoms with Gasteiger partial charge in [0.25, 0.3) is 11.5 Å². The van der Waals surface area contributed by atoms with E-state index in [0.29, 0.717) is 29.9 Å². The van der Waals surface area contributed by atoms with Crippen LogP contribution >= 0.6 is 0 Å². The number of fused-ring (bicyclic) bond motifs is 3. The second-order valence-corrected chi connectivity index (χ2v) is 10.8. The van der Waals surface area contributed by atoms with Gasteiger partial charge in [0.2, 0.25) is 5.88 Å². The molecule has 2 aliphatic heterocycles. The second kappa shape index (κ2) is 10.8. The van der Waals surface area contributed by atoms with Crippen molar-refractivity contribution in [1.82, 2.24) is 29.5 Å². The van der Waals surface area contributed by atoms with Crippen LogP contribution in [0, 0.1) is 13.8 Å². The molecule has 0 unspecified atom stereocenters. The van der Waals surface area contributed by atoms with Gasteiger partial charge in [-0.05, 0) is 70.1 Å². The maximum absolute atomic E-state index is 13.7. The summed E-state index contributed by atoms with van der Waals surface area (Å²) in [6.45, 7) is 7.18. The van der Waals surface area contributed by atoms with E-state index >= 15 is 0 Å². The lowest BCUT2D eigenvalue weighted by Crippen LogP contribution is -2.42. The van der Waals surface area contributed by atoms with Crippen molar-refractivity contribution < 1.29 is 9.53 Å². The van der Waals surface area contributed by atoms with Gasteiger partial charge in [0.05, 0.1) is 28.7 Å². The molecule has 1 N–H and O–H groups in total. The molecule has 1 aromatic carbocycles. The molecule has 0 saturated carbocycles. The molecular weight excluding hydrogens is 492 g/mol. The summed E-state index contributed by atoms with van der Waals surface area (Å²) in [5, 5.41) is 6.09. The Morgan fingerprint density at radius 2 is 1.74 bits per heavy atom. The third kappa shape index (κ3) is 5.15. The Labute approximate surface area is 228 Å². The average Bonchev–Trinajstić information content (AvgIpc) is 3.36. The van der Waals surface area contributed by atoms with Crippen molar-refractivity contribution >= 4 is 27.7 Å². The number of piperidine rings is 2. The molecule has 0 bridgehead atoms. The number of aromatic amines is 1. The van der Waals surface area contributed by atoms with E-state index in [9.17, 15) is 9.59 Å². The van der Waals surface area contributed by atoms with Crippen LogP contribution in [0.15, 0.2) is 41.5 Å². The summed E-state index contributed by atoms with van der Waals surface area (Å²) in [6, 6.07) is 8.00. The summed E-state index contributed by atoms with van der Waals surface area (Å²) < 4.78 is 8.08. The van der Waals surface area contributed by atoms with Gasteiger partial charge < -0.3 is 19.5 Å². The standard InChI is InChI=1S/C29H34N6O3.CH4/c1-18-4-5-26(30-16-18)38-21-8-12-34(13-9-21)29(37)22-15-23-25(14-19(22)2)32-28(36)24-17-31-35(27(23)24)20-6-10-33(3)11-7-20;/h4-5,14-17,20-21H,6-13H2,1-3H3,(H,32,36);1H4. The molecule has 9 nitrogen and oxygen atoms in total. The summed E-state index contributed by atoms with van der Waals surface area (Å²) in [5.41, 5.74) is 4.04. The number of hydrogen-bond donors (Lipinski definition) is 1. The maximum atomic E-state index is 13.7. The van der Waals surface area contributed by atoms with Crippen LogP contribution in [0.4, 0.5) is 0 Å². The van der Waals surface area contributed by atoms with Gasteiger partial charge in [-0.3, -0.25) is 14.3 Å². The van der Waals surface area contributed by atoms with Crippen LogP contribution in [0.2, 0.25) is 0 Å². The van der Waals surface area contributed by atoms with Crippen molar-refractivity contribution in [2.45, 2.75) is 59.1 Å². The number of ether oxygens (including phenoxy) is 1. The van der Waals surface area contributed by atoms with Gasteiger partial charge >= 0.3 is 0 Å². The molecule has 0 spiro atoms. The molecule has 0 aliphatic carbocycles. The molecule has 0 atom stereocenters. The molecule has 4 aromatic rings. The molecule has 0 radical (unpaired) electrons. The summed E-state index contributed by atoms with van der Waals surface area (Å²) in [6.07, 6.45) is 6.99. The highest BCUT2D eigenvalue weighted by molar-refractivity contribution is 6.07. The zero-order chi connectivity index (χ0) is 26.4. The minimum Gasteiger partial charge on any atom is -0.474 e. The number of likely N-dealkylation sites (tertiary alicyclic amines) is 2. The molecule has 5 heterocycles. The third-order valence-electron chi connectivity index (χ3n) is 8.07. The van der Waals surface area contributed by atoms with E-state index in [2.05, 4.69) is 27.0 Å². The molecule has 9 heteroatoms. The predicted octanol–water partition coefficient (Wildman–Crippen LogP) is 4.48. The van der Waals surface area contributed by atoms with Crippen molar-refractivity contribution in [3.63, 3.8) is 0 Å². The lowest BCUT2D eigenvalue weighted by molar-refractivity contribution is 0.0587. The molecular formula is C30H38N6O3. The van der Waals surface area contributed by atoms with E-state index in [4.69, 9.17) is 4.74 Å². The summed E-state index contributed by atoms with van der Waals surface area (Å²) in [4.78, 5) is 38.2. The quantitative estimate of drug-likeness (QED) is 0.418. The number of H-pyrrole nitrogens is 1. The Balaban J connectivity index is 0.00000308. The van der Waals surface area contributed by atoms with Gasteiger partial charge in [0, 0.05) is 49.1 Å². The third-order valence-corrected chi connectivity index (χ3v) is 8.07. The summed E-state index contributed by atoms with van der Waals surface area (Å²) in [7, 11) is 2.13. The fourth-order valence-electron chi connectivity index (χ4n) is 5.78. The molecule has 2 fully saturated rings. The minimum absolute atomic E-state index is 0. The number of amides is 1. The number of carbonyl (C=O) groups is 1. The zero-order valence-electron chi connectivity index (χ0n) is 22.2. The molecule has 1 amide bonds. The summed E-state index contributed by atoms with van der Waals surface area (Å²) >= 11 is 0. The highest BCUT2D eigenvalue weighted by atomic mass is 16.5. The molecule has 2 saturated heterocycles. The van der Waals surface area contributed by atoms with E-state index < -0.39 is 0 Å². The Morgan fingerprint density at radius 3 is 2.44 bits per heavy atom. The number of nitrogens with one attached hydrogen (secondary N) is 1. The van der Waals surface area contributed by atoms with Crippen LogP contribution in [-0.4, -0.2) is 74.8 Å². The van der Waals surface area contributed by atoms with Gasteiger partial charge in [-0.25, -0.2) is 4.98 Å². The van der Waals surface area contributed by atoms with E-state index in [0.717, 1.165) is 66.3 Å². The Morgan fingerprint density at radius 1 is 1.00 bits per heavy atom. The van der Waals surface area contributed by atoms with E-state index in [1.54, 1.807) is 12.4 Å². The number of carbonyl (C=O) groups excluding carboxylic acids is 1. The number of benzene rings is 1. The van der Waals surface area contributed by atoms with Crippen molar-refractivity contribution in [1.29, 1.82) is 0 Å². The predicted molar refractivity (Wildman–Crippen MR) is 154 cm³/mol.